The lowest BCUT2D eigenvalue weighted by molar-refractivity contribution is 0.0555. The standard InChI is InChI=1S/C12H25O4P/c1-10(2)15-17(14,16-11(3)4)9-12(13)7-5-6-8-12/h10-11,13H,5-9H2,1-4H3. The zero-order valence-electron chi connectivity index (χ0n) is 11.3. The van der Waals surface area contributed by atoms with Crippen molar-refractivity contribution < 1.29 is 18.7 Å². The highest BCUT2D eigenvalue weighted by Gasteiger charge is 2.41. The fraction of sp³-hybridized carbons (Fsp3) is 1.00. The van der Waals surface area contributed by atoms with Gasteiger partial charge in [0.25, 0.3) is 0 Å². The van der Waals surface area contributed by atoms with Gasteiger partial charge in [0.2, 0.25) is 0 Å². The second-order valence-corrected chi connectivity index (χ2v) is 7.47. The molecule has 0 radical (unpaired) electrons. The van der Waals surface area contributed by atoms with Crippen molar-refractivity contribution in [2.24, 2.45) is 0 Å². The molecule has 0 heterocycles. The molecule has 1 fully saturated rings. The molecule has 1 N–H and O–H groups in total. The van der Waals surface area contributed by atoms with Gasteiger partial charge in [-0.25, -0.2) is 0 Å². The molecule has 1 aliphatic rings. The van der Waals surface area contributed by atoms with Crippen LogP contribution in [-0.2, 0) is 13.6 Å². The maximum absolute atomic E-state index is 12.6. The average molecular weight is 264 g/mol. The fourth-order valence-electron chi connectivity index (χ4n) is 2.29. The smallest absolute Gasteiger partial charge is 0.334 e. The van der Waals surface area contributed by atoms with Gasteiger partial charge < -0.3 is 14.2 Å². The van der Waals surface area contributed by atoms with Gasteiger partial charge in [0.05, 0.1) is 24.0 Å². The van der Waals surface area contributed by atoms with E-state index in [4.69, 9.17) is 9.05 Å². The van der Waals surface area contributed by atoms with Crippen LogP contribution in [0.2, 0.25) is 0 Å². The molecule has 0 unspecified atom stereocenters. The van der Waals surface area contributed by atoms with Crippen molar-refractivity contribution in [1.82, 2.24) is 0 Å². The zero-order valence-corrected chi connectivity index (χ0v) is 12.2. The second-order valence-electron chi connectivity index (χ2n) is 5.51. The summed E-state index contributed by atoms with van der Waals surface area (Å²) in [5.74, 6) is 0. The first-order valence-electron chi connectivity index (χ1n) is 6.43. The largest absolute Gasteiger partial charge is 0.389 e. The van der Waals surface area contributed by atoms with Crippen molar-refractivity contribution in [1.29, 1.82) is 0 Å². The molecule has 1 saturated carbocycles. The molecule has 102 valence electrons. The summed E-state index contributed by atoms with van der Waals surface area (Å²) >= 11 is 0. The third-order valence-corrected chi connectivity index (χ3v) is 5.23. The van der Waals surface area contributed by atoms with Crippen molar-refractivity contribution in [2.75, 3.05) is 6.16 Å². The van der Waals surface area contributed by atoms with Gasteiger partial charge in [0.15, 0.2) is 0 Å². The molecule has 0 aromatic rings. The fourth-order valence-corrected chi connectivity index (χ4v) is 4.81. The van der Waals surface area contributed by atoms with E-state index in [-0.39, 0.29) is 18.4 Å². The summed E-state index contributed by atoms with van der Waals surface area (Å²) in [5.41, 5.74) is -0.862. The topological polar surface area (TPSA) is 55.8 Å². The van der Waals surface area contributed by atoms with Gasteiger partial charge in [-0.05, 0) is 40.5 Å². The molecule has 0 spiro atoms. The van der Waals surface area contributed by atoms with E-state index in [0.29, 0.717) is 12.8 Å². The molecule has 1 aliphatic carbocycles. The van der Waals surface area contributed by atoms with Crippen LogP contribution in [0, 0.1) is 0 Å². The Hall–Kier alpha value is 0.110. The van der Waals surface area contributed by atoms with Gasteiger partial charge in [0.1, 0.15) is 0 Å². The Labute approximate surface area is 104 Å². The van der Waals surface area contributed by atoms with Crippen molar-refractivity contribution in [3.05, 3.63) is 0 Å². The number of rotatable bonds is 6. The van der Waals surface area contributed by atoms with E-state index in [1.807, 2.05) is 27.7 Å². The minimum absolute atomic E-state index is 0.121. The summed E-state index contributed by atoms with van der Waals surface area (Å²) in [6.45, 7) is 7.31. The summed E-state index contributed by atoms with van der Waals surface area (Å²) in [6.07, 6.45) is 3.16. The first-order chi connectivity index (χ1) is 7.75. The van der Waals surface area contributed by atoms with Crippen molar-refractivity contribution in [2.45, 2.75) is 71.2 Å². The first kappa shape index (κ1) is 15.2. The first-order valence-corrected chi connectivity index (χ1v) is 8.16. The maximum atomic E-state index is 12.6. The van der Waals surface area contributed by atoms with Gasteiger partial charge in [-0.3, -0.25) is 4.57 Å². The van der Waals surface area contributed by atoms with Crippen molar-refractivity contribution in [3.8, 4) is 0 Å². The van der Waals surface area contributed by atoms with E-state index in [1.165, 1.54) is 0 Å². The van der Waals surface area contributed by atoms with Gasteiger partial charge in [-0.1, -0.05) is 12.8 Å². The number of hydrogen-bond donors (Lipinski definition) is 1. The zero-order chi connectivity index (χ0) is 13.1. The normalized spacial score (nSPS) is 20.4. The molecule has 17 heavy (non-hydrogen) atoms. The van der Waals surface area contributed by atoms with Crippen LogP contribution < -0.4 is 0 Å². The van der Waals surface area contributed by atoms with Crippen LogP contribution in [0.5, 0.6) is 0 Å². The Kier molecular flexibility index (Phi) is 5.21. The summed E-state index contributed by atoms with van der Waals surface area (Å²) in [6, 6.07) is 0. The van der Waals surface area contributed by atoms with Crippen LogP contribution in [0.25, 0.3) is 0 Å². The quantitative estimate of drug-likeness (QED) is 0.747. The third-order valence-electron chi connectivity index (χ3n) is 2.77. The van der Waals surface area contributed by atoms with Crippen LogP contribution in [0.3, 0.4) is 0 Å². The maximum Gasteiger partial charge on any atom is 0.334 e. The molecule has 0 aromatic heterocycles. The molecular formula is C12H25O4P. The van der Waals surface area contributed by atoms with Crippen LogP contribution in [0.15, 0.2) is 0 Å². The molecule has 0 atom stereocenters. The highest BCUT2D eigenvalue weighted by Crippen LogP contribution is 2.54. The van der Waals surface area contributed by atoms with E-state index in [0.717, 1.165) is 12.8 Å². The van der Waals surface area contributed by atoms with E-state index >= 15 is 0 Å². The van der Waals surface area contributed by atoms with Crippen molar-refractivity contribution in [3.63, 3.8) is 0 Å². The Morgan fingerprint density at radius 1 is 1.12 bits per heavy atom. The van der Waals surface area contributed by atoms with Crippen LogP contribution in [0.4, 0.5) is 0 Å². The van der Waals surface area contributed by atoms with E-state index < -0.39 is 13.2 Å². The minimum atomic E-state index is -3.20. The molecule has 4 nitrogen and oxygen atoms in total. The highest BCUT2D eigenvalue weighted by atomic mass is 31.2. The Bertz CT molecular complexity index is 268. The predicted octanol–water partition coefficient (Wildman–Crippen LogP) is 3.33. The lowest BCUT2D eigenvalue weighted by Gasteiger charge is -2.29. The van der Waals surface area contributed by atoms with Gasteiger partial charge in [0, 0.05) is 0 Å². The lowest BCUT2D eigenvalue weighted by Crippen LogP contribution is -2.31. The molecule has 0 aromatic carbocycles. The van der Waals surface area contributed by atoms with Crippen LogP contribution in [-0.4, -0.2) is 29.1 Å². The molecule has 5 heteroatoms. The third kappa shape index (κ3) is 5.09. The van der Waals surface area contributed by atoms with Gasteiger partial charge in [-0.2, -0.15) is 0 Å². The second kappa shape index (κ2) is 5.83. The summed E-state index contributed by atoms with van der Waals surface area (Å²) in [5, 5.41) is 10.3. The Morgan fingerprint density at radius 3 is 1.88 bits per heavy atom. The Morgan fingerprint density at radius 2 is 1.53 bits per heavy atom. The van der Waals surface area contributed by atoms with Gasteiger partial charge >= 0.3 is 7.60 Å². The summed E-state index contributed by atoms with van der Waals surface area (Å²) in [7, 11) is -3.20. The minimum Gasteiger partial charge on any atom is -0.389 e. The average Bonchev–Trinajstić information content (AvgIpc) is 2.46. The predicted molar refractivity (Wildman–Crippen MR) is 68.3 cm³/mol. The molecule has 0 bridgehead atoms. The summed E-state index contributed by atoms with van der Waals surface area (Å²) < 4.78 is 23.5. The van der Waals surface area contributed by atoms with Crippen molar-refractivity contribution >= 4 is 7.60 Å². The van der Waals surface area contributed by atoms with E-state index in [2.05, 4.69) is 0 Å². The highest BCUT2D eigenvalue weighted by molar-refractivity contribution is 7.54. The Balaban J connectivity index is 2.72. The number of aliphatic hydroxyl groups is 1. The summed E-state index contributed by atoms with van der Waals surface area (Å²) in [4.78, 5) is 0. The molecule has 0 saturated heterocycles. The molecule has 0 amide bonds. The SMILES string of the molecule is CC(C)OP(=O)(CC1(O)CCCC1)OC(C)C. The monoisotopic (exact) mass is 264 g/mol. The lowest BCUT2D eigenvalue weighted by atomic mass is 10.1. The molecule has 1 rings (SSSR count). The van der Waals surface area contributed by atoms with Crippen LogP contribution in [0.1, 0.15) is 53.4 Å². The van der Waals surface area contributed by atoms with E-state index in [9.17, 15) is 9.67 Å². The molecular weight excluding hydrogens is 239 g/mol. The van der Waals surface area contributed by atoms with Gasteiger partial charge in [-0.15, -0.1) is 0 Å². The van der Waals surface area contributed by atoms with Crippen LogP contribution >= 0.6 is 7.60 Å². The molecule has 0 aliphatic heterocycles. The van der Waals surface area contributed by atoms with E-state index in [1.54, 1.807) is 0 Å². The number of hydrogen-bond acceptors (Lipinski definition) is 4.